The first-order chi connectivity index (χ1) is 12.6. The highest BCUT2D eigenvalue weighted by atomic mass is 32.1. The quantitative estimate of drug-likeness (QED) is 0.746. The van der Waals surface area contributed by atoms with Gasteiger partial charge in [-0.25, -0.2) is 4.98 Å². The van der Waals surface area contributed by atoms with Crippen LogP contribution < -0.4 is 14.8 Å². The molecule has 3 aromatic rings. The lowest BCUT2D eigenvalue weighted by atomic mass is 10.1. The molecule has 1 aromatic heterocycles. The third-order valence-corrected chi connectivity index (χ3v) is 5.11. The smallest absolute Gasteiger partial charge is 0.231 e. The molecule has 0 radical (unpaired) electrons. The van der Waals surface area contributed by atoms with Gasteiger partial charge in [0.1, 0.15) is 0 Å². The zero-order chi connectivity index (χ0) is 18.1. The predicted molar refractivity (Wildman–Crippen MR) is 102 cm³/mol. The Kier molecular flexibility index (Phi) is 4.34. The molecule has 1 aliphatic rings. The van der Waals surface area contributed by atoms with Gasteiger partial charge in [0.2, 0.25) is 12.7 Å². The second-order valence-corrected chi connectivity index (χ2v) is 7.11. The topological polar surface area (TPSA) is 60.5 Å². The molecule has 0 bridgehead atoms. The number of carbonyl (C=O) groups excluding carboxylic acids is 1. The fourth-order valence-electron chi connectivity index (χ4n) is 2.76. The van der Waals surface area contributed by atoms with E-state index < -0.39 is 0 Å². The first kappa shape index (κ1) is 16.6. The number of nitrogens with one attached hydrogen (secondary N) is 1. The van der Waals surface area contributed by atoms with Crippen LogP contribution in [0.15, 0.2) is 41.8 Å². The number of aryl methyl sites for hydroxylation is 2. The Balaban J connectivity index is 1.43. The van der Waals surface area contributed by atoms with Crippen molar-refractivity contribution in [1.29, 1.82) is 0 Å². The molecule has 0 saturated heterocycles. The fraction of sp³-hybridized carbons (Fsp3) is 0.200. The van der Waals surface area contributed by atoms with Crippen molar-refractivity contribution in [2.75, 3.05) is 12.1 Å². The van der Waals surface area contributed by atoms with Gasteiger partial charge < -0.3 is 14.8 Å². The summed E-state index contributed by atoms with van der Waals surface area (Å²) in [5, 5.41) is 5.43. The van der Waals surface area contributed by atoms with E-state index in [1.54, 1.807) is 0 Å². The van der Waals surface area contributed by atoms with Gasteiger partial charge >= 0.3 is 0 Å². The summed E-state index contributed by atoms with van der Waals surface area (Å²) in [6, 6.07) is 11.8. The van der Waals surface area contributed by atoms with Crippen LogP contribution in [0.2, 0.25) is 0 Å². The third kappa shape index (κ3) is 3.41. The van der Waals surface area contributed by atoms with E-state index in [1.807, 2.05) is 23.6 Å². The molecular formula is C20H18N2O3S. The molecule has 2 heterocycles. The van der Waals surface area contributed by atoms with Gasteiger partial charge in [0.15, 0.2) is 16.6 Å². The fourth-order valence-corrected chi connectivity index (χ4v) is 3.50. The molecule has 0 aliphatic carbocycles. The van der Waals surface area contributed by atoms with Crippen molar-refractivity contribution in [3.63, 3.8) is 0 Å². The number of hydrogen-bond acceptors (Lipinski definition) is 5. The average molecular weight is 366 g/mol. The number of ether oxygens (including phenoxy) is 2. The molecule has 0 saturated carbocycles. The van der Waals surface area contributed by atoms with Gasteiger partial charge in [0.05, 0.1) is 12.1 Å². The van der Waals surface area contributed by atoms with Gasteiger partial charge in [-0.3, -0.25) is 4.79 Å². The van der Waals surface area contributed by atoms with E-state index in [0.717, 1.165) is 16.8 Å². The zero-order valence-electron chi connectivity index (χ0n) is 14.5. The highest BCUT2D eigenvalue weighted by molar-refractivity contribution is 7.14. The number of anilines is 1. The van der Waals surface area contributed by atoms with Gasteiger partial charge in [-0.1, -0.05) is 18.2 Å². The van der Waals surface area contributed by atoms with E-state index in [1.165, 1.54) is 22.5 Å². The lowest BCUT2D eigenvalue weighted by Crippen LogP contribution is -2.14. The van der Waals surface area contributed by atoms with Crippen LogP contribution in [0.4, 0.5) is 5.13 Å². The zero-order valence-corrected chi connectivity index (χ0v) is 15.4. The summed E-state index contributed by atoms with van der Waals surface area (Å²) < 4.78 is 10.6. The van der Waals surface area contributed by atoms with Crippen LogP contribution in [0.25, 0.3) is 11.3 Å². The molecule has 26 heavy (non-hydrogen) atoms. The standard InChI is InChI=1S/C20H18N2O3S/c1-12-3-5-15(7-13(12)2)16-10-26-20(21-16)22-19(23)9-14-4-6-17-18(8-14)25-11-24-17/h3-8,10H,9,11H2,1-2H3,(H,21,22,23). The van der Waals surface area contributed by atoms with Crippen molar-refractivity contribution in [1.82, 2.24) is 4.98 Å². The van der Waals surface area contributed by atoms with Crippen LogP contribution in [0.3, 0.4) is 0 Å². The molecule has 0 fully saturated rings. The minimum Gasteiger partial charge on any atom is -0.454 e. The van der Waals surface area contributed by atoms with Crippen LogP contribution >= 0.6 is 11.3 Å². The third-order valence-electron chi connectivity index (χ3n) is 4.35. The molecule has 1 amide bonds. The molecular weight excluding hydrogens is 348 g/mol. The van der Waals surface area contributed by atoms with Gasteiger partial charge in [-0.2, -0.15) is 0 Å². The van der Waals surface area contributed by atoms with Gasteiger partial charge in [-0.05, 0) is 48.7 Å². The summed E-state index contributed by atoms with van der Waals surface area (Å²) in [4.78, 5) is 16.8. The van der Waals surface area contributed by atoms with E-state index >= 15 is 0 Å². The lowest BCUT2D eigenvalue weighted by Gasteiger charge is -2.04. The van der Waals surface area contributed by atoms with Crippen LogP contribution in [-0.4, -0.2) is 17.7 Å². The van der Waals surface area contributed by atoms with E-state index in [-0.39, 0.29) is 19.1 Å². The summed E-state index contributed by atoms with van der Waals surface area (Å²) >= 11 is 1.43. The van der Waals surface area contributed by atoms with Gasteiger partial charge in [0.25, 0.3) is 0 Å². The largest absolute Gasteiger partial charge is 0.454 e. The second kappa shape index (κ2) is 6.80. The molecule has 0 spiro atoms. The molecule has 4 rings (SSSR count). The van der Waals surface area contributed by atoms with E-state index in [2.05, 4.69) is 42.3 Å². The molecule has 2 aromatic carbocycles. The van der Waals surface area contributed by atoms with Crippen LogP contribution in [-0.2, 0) is 11.2 Å². The van der Waals surface area contributed by atoms with E-state index in [9.17, 15) is 4.79 Å². The van der Waals surface area contributed by atoms with Crippen molar-refractivity contribution in [2.24, 2.45) is 0 Å². The maximum absolute atomic E-state index is 12.3. The maximum Gasteiger partial charge on any atom is 0.231 e. The Morgan fingerprint density at radius 2 is 1.96 bits per heavy atom. The number of aromatic nitrogens is 1. The Morgan fingerprint density at radius 1 is 1.12 bits per heavy atom. The number of amides is 1. The maximum atomic E-state index is 12.3. The van der Waals surface area contributed by atoms with Crippen molar-refractivity contribution in [3.05, 3.63) is 58.5 Å². The summed E-state index contributed by atoms with van der Waals surface area (Å²) in [6.45, 7) is 4.40. The van der Waals surface area contributed by atoms with Gasteiger partial charge in [-0.15, -0.1) is 11.3 Å². The number of thiazole rings is 1. The lowest BCUT2D eigenvalue weighted by molar-refractivity contribution is -0.115. The molecule has 1 aliphatic heterocycles. The molecule has 132 valence electrons. The van der Waals surface area contributed by atoms with E-state index in [4.69, 9.17) is 9.47 Å². The second-order valence-electron chi connectivity index (χ2n) is 6.25. The minimum absolute atomic E-state index is 0.107. The Morgan fingerprint density at radius 3 is 2.81 bits per heavy atom. The van der Waals surface area contributed by atoms with Crippen molar-refractivity contribution >= 4 is 22.4 Å². The number of nitrogens with zero attached hydrogens (tertiary/aromatic N) is 1. The minimum atomic E-state index is -0.107. The monoisotopic (exact) mass is 366 g/mol. The summed E-state index contributed by atoms with van der Waals surface area (Å²) in [6.07, 6.45) is 0.259. The van der Waals surface area contributed by atoms with Crippen molar-refractivity contribution in [2.45, 2.75) is 20.3 Å². The van der Waals surface area contributed by atoms with Crippen LogP contribution in [0.1, 0.15) is 16.7 Å². The molecule has 0 unspecified atom stereocenters. The molecule has 5 nitrogen and oxygen atoms in total. The average Bonchev–Trinajstić information content (AvgIpc) is 3.26. The Hall–Kier alpha value is -2.86. The first-order valence-electron chi connectivity index (χ1n) is 8.30. The highest BCUT2D eigenvalue weighted by Crippen LogP contribution is 2.32. The van der Waals surface area contributed by atoms with Crippen LogP contribution in [0.5, 0.6) is 11.5 Å². The number of fused-ring (bicyclic) bond motifs is 1. The summed E-state index contributed by atoms with van der Waals surface area (Å²) in [5.41, 5.74) is 5.28. The number of hydrogen-bond donors (Lipinski definition) is 1. The van der Waals surface area contributed by atoms with Crippen LogP contribution in [0, 0.1) is 13.8 Å². The predicted octanol–water partition coefficient (Wildman–Crippen LogP) is 4.34. The SMILES string of the molecule is Cc1ccc(-c2csc(NC(=O)Cc3ccc4c(c3)OCO4)n2)cc1C. The van der Waals surface area contributed by atoms with Crippen molar-refractivity contribution in [3.8, 4) is 22.8 Å². The summed E-state index contributed by atoms with van der Waals surface area (Å²) in [7, 11) is 0. The number of benzene rings is 2. The highest BCUT2D eigenvalue weighted by Gasteiger charge is 2.15. The Bertz CT molecular complexity index is 981. The number of rotatable bonds is 4. The summed E-state index contributed by atoms with van der Waals surface area (Å²) in [5.74, 6) is 1.29. The molecule has 1 N–H and O–H groups in total. The molecule has 0 atom stereocenters. The van der Waals surface area contributed by atoms with Crippen molar-refractivity contribution < 1.29 is 14.3 Å². The normalized spacial score (nSPS) is 12.2. The van der Waals surface area contributed by atoms with E-state index in [0.29, 0.717) is 16.6 Å². The van der Waals surface area contributed by atoms with Gasteiger partial charge in [0, 0.05) is 10.9 Å². The Labute approximate surface area is 155 Å². The first-order valence-corrected chi connectivity index (χ1v) is 9.18. The molecule has 6 heteroatoms. The number of carbonyl (C=O) groups is 1.